The molecule has 0 fully saturated rings. The third-order valence-corrected chi connectivity index (χ3v) is 3.95. The van der Waals surface area contributed by atoms with E-state index in [0.29, 0.717) is 5.69 Å². The Labute approximate surface area is 145 Å². The molecule has 10 heteroatoms. The van der Waals surface area contributed by atoms with Gasteiger partial charge in [-0.25, -0.2) is 9.59 Å². The minimum absolute atomic E-state index is 0.00836. The van der Waals surface area contributed by atoms with Crippen molar-refractivity contribution in [2.75, 3.05) is 32.5 Å². The molecule has 0 N–H and O–H groups in total. The summed E-state index contributed by atoms with van der Waals surface area (Å²) in [4.78, 5) is 25.3. The van der Waals surface area contributed by atoms with E-state index in [0.717, 1.165) is 14.2 Å². The maximum atomic E-state index is 12.4. The third kappa shape index (κ3) is 4.67. The average molecular weight is 377 g/mol. The largest absolute Gasteiger partial charge is 0.466 e. The van der Waals surface area contributed by atoms with Gasteiger partial charge in [-0.3, -0.25) is 0 Å². The first kappa shape index (κ1) is 19.1. The minimum Gasteiger partial charge on any atom is -0.466 e. The van der Waals surface area contributed by atoms with E-state index in [1.54, 1.807) is 0 Å². The molecule has 0 atom stereocenters. The zero-order chi connectivity index (χ0) is 18.6. The summed E-state index contributed by atoms with van der Waals surface area (Å²) in [5.41, 5.74) is -4.13. The zero-order valence-corrected chi connectivity index (χ0v) is 14.1. The molecule has 0 aliphatic carbocycles. The Morgan fingerprint density at radius 2 is 1.72 bits per heavy atom. The number of esters is 2. The number of carbonyl (C=O) groups excluding carboxylic acids is 2. The number of thioether (sulfide) groups is 1. The number of benzene rings is 1. The van der Waals surface area contributed by atoms with Crippen LogP contribution in [0, 0.1) is 0 Å². The minimum atomic E-state index is -4.40. The second kappa shape index (κ2) is 7.79. The number of carbonyl (C=O) groups is 2. The van der Waals surface area contributed by atoms with Gasteiger partial charge in [-0.2, -0.15) is 13.2 Å². The number of halogens is 3. The highest BCUT2D eigenvalue weighted by Gasteiger charge is 2.33. The number of ether oxygens (including phenoxy) is 3. The number of nitrogens with zero attached hydrogens (tertiary/aromatic N) is 1. The van der Waals surface area contributed by atoms with Crippen molar-refractivity contribution in [3.05, 3.63) is 35.5 Å². The number of alkyl halides is 3. The lowest BCUT2D eigenvalue weighted by Gasteiger charge is -2.31. The fraction of sp³-hybridized carbons (Fsp3) is 0.333. The Morgan fingerprint density at radius 3 is 2.24 bits per heavy atom. The Hall–Kier alpha value is -2.20. The molecule has 0 bridgehead atoms. The average Bonchev–Trinajstić information content (AvgIpc) is 2.59. The predicted molar refractivity (Wildman–Crippen MR) is 82.7 cm³/mol. The highest BCUT2D eigenvalue weighted by atomic mass is 32.2. The lowest BCUT2D eigenvalue weighted by atomic mass is 10.1. The van der Waals surface area contributed by atoms with Crippen molar-refractivity contribution in [3.63, 3.8) is 0 Å². The van der Waals surface area contributed by atoms with Gasteiger partial charge in [0.1, 0.15) is 12.4 Å². The molecule has 1 aliphatic heterocycles. The smallest absolute Gasteiger partial charge is 0.446 e. The molecule has 1 aromatic carbocycles. The summed E-state index contributed by atoms with van der Waals surface area (Å²) >= 11 is -0.251. The van der Waals surface area contributed by atoms with E-state index < -0.39 is 17.4 Å². The number of anilines is 1. The van der Waals surface area contributed by atoms with Gasteiger partial charge in [-0.1, -0.05) is 0 Å². The van der Waals surface area contributed by atoms with Gasteiger partial charge in [0.2, 0.25) is 0 Å². The molecule has 0 unspecified atom stereocenters. The van der Waals surface area contributed by atoms with Crippen molar-refractivity contribution >= 4 is 29.4 Å². The standard InChI is InChI=1S/C15H14F3NO5S/c1-22-13(20)11-7-24-8-19(12(11)14(21)23-2)9-3-5-10(6-4-9)25-15(16,17)18/h3-6H,7-8H2,1-2H3. The van der Waals surface area contributed by atoms with E-state index in [4.69, 9.17) is 9.47 Å². The van der Waals surface area contributed by atoms with Gasteiger partial charge in [-0.15, -0.1) is 0 Å². The molecule has 0 aromatic heterocycles. The van der Waals surface area contributed by atoms with Crippen LogP contribution in [0.3, 0.4) is 0 Å². The molecule has 136 valence electrons. The van der Waals surface area contributed by atoms with Gasteiger partial charge in [0.15, 0.2) is 0 Å². The molecular weight excluding hydrogens is 363 g/mol. The van der Waals surface area contributed by atoms with Crippen LogP contribution in [0.25, 0.3) is 0 Å². The highest BCUT2D eigenvalue weighted by Crippen LogP contribution is 2.38. The van der Waals surface area contributed by atoms with Crippen LogP contribution < -0.4 is 4.90 Å². The summed E-state index contributed by atoms with van der Waals surface area (Å²) in [7, 11) is 2.31. The summed E-state index contributed by atoms with van der Waals surface area (Å²) in [6, 6.07) is 5.30. The van der Waals surface area contributed by atoms with Crippen molar-refractivity contribution in [2.45, 2.75) is 10.4 Å². The maximum Gasteiger partial charge on any atom is 0.446 e. The van der Waals surface area contributed by atoms with Gasteiger partial charge < -0.3 is 19.1 Å². The molecule has 1 heterocycles. The Kier molecular flexibility index (Phi) is 5.96. The first-order valence-corrected chi connectivity index (χ1v) is 7.69. The van der Waals surface area contributed by atoms with Crippen LogP contribution in [0.5, 0.6) is 0 Å². The first-order valence-electron chi connectivity index (χ1n) is 6.87. The number of rotatable bonds is 4. The van der Waals surface area contributed by atoms with Crippen LogP contribution >= 0.6 is 11.8 Å². The summed E-state index contributed by atoms with van der Waals surface area (Å²) in [5.74, 6) is -1.54. The van der Waals surface area contributed by atoms with Gasteiger partial charge in [-0.05, 0) is 36.0 Å². The van der Waals surface area contributed by atoms with E-state index in [1.807, 2.05) is 0 Å². The molecule has 1 aliphatic rings. The van der Waals surface area contributed by atoms with Crippen molar-refractivity contribution in [1.82, 2.24) is 0 Å². The van der Waals surface area contributed by atoms with E-state index in [2.05, 4.69) is 4.74 Å². The lowest BCUT2D eigenvalue weighted by molar-refractivity contribution is -0.140. The lowest BCUT2D eigenvalue weighted by Crippen LogP contribution is -2.38. The van der Waals surface area contributed by atoms with Gasteiger partial charge in [0.25, 0.3) is 0 Å². The maximum absolute atomic E-state index is 12.4. The molecule has 0 amide bonds. The van der Waals surface area contributed by atoms with Crippen molar-refractivity contribution in [3.8, 4) is 0 Å². The summed E-state index contributed by atoms with van der Waals surface area (Å²) in [5, 5.41) is 0. The van der Waals surface area contributed by atoms with Crippen molar-refractivity contribution in [2.24, 2.45) is 0 Å². The molecule has 6 nitrogen and oxygen atoms in total. The van der Waals surface area contributed by atoms with Crippen LogP contribution in [0.1, 0.15) is 0 Å². The molecule has 2 rings (SSSR count). The topological polar surface area (TPSA) is 65.1 Å². The monoisotopic (exact) mass is 377 g/mol. The van der Waals surface area contributed by atoms with Gasteiger partial charge >= 0.3 is 17.4 Å². The fourth-order valence-corrected chi connectivity index (χ4v) is 2.71. The number of methoxy groups -OCH3 is 2. The van der Waals surface area contributed by atoms with Crippen molar-refractivity contribution in [1.29, 1.82) is 0 Å². The van der Waals surface area contributed by atoms with E-state index >= 15 is 0 Å². The number of hydrogen-bond acceptors (Lipinski definition) is 7. The highest BCUT2D eigenvalue weighted by molar-refractivity contribution is 8.00. The summed E-state index contributed by atoms with van der Waals surface area (Å²) in [6.07, 6.45) is 0. The summed E-state index contributed by atoms with van der Waals surface area (Å²) in [6.45, 7) is -0.216. The van der Waals surface area contributed by atoms with E-state index in [1.165, 1.54) is 29.2 Å². The Morgan fingerprint density at radius 1 is 1.12 bits per heavy atom. The molecule has 25 heavy (non-hydrogen) atoms. The summed E-state index contributed by atoms with van der Waals surface area (Å²) < 4.78 is 51.8. The quantitative estimate of drug-likeness (QED) is 0.590. The molecule has 0 saturated heterocycles. The Balaban J connectivity index is 2.38. The van der Waals surface area contributed by atoms with Crippen LogP contribution in [0.4, 0.5) is 18.9 Å². The molecule has 0 radical (unpaired) electrons. The van der Waals surface area contributed by atoms with Gasteiger partial charge in [0.05, 0.1) is 26.4 Å². The van der Waals surface area contributed by atoms with Crippen molar-refractivity contribution < 1.29 is 37.0 Å². The Bertz CT molecular complexity index is 687. The fourth-order valence-electron chi connectivity index (χ4n) is 2.18. The molecular formula is C15H14F3NO5S. The van der Waals surface area contributed by atoms with Crippen LogP contribution in [0.2, 0.25) is 0 Å². The van der Waals surface area contributed by atoms with Crippen LogP contribution in [0.15, 0.2) is 40.4 Å². The van der Waals surface area contributed by atoms with Gasteiger partial charge in [0, 0.05) is 10.6 Å². The second-order valence-corrected chi connectivity index (χ2v) is 5.90. The first-order chi connectivity index (χ1) is 11.8. The van der Waals surface area contributed by atoms with Crippen LogP contribution in [-0.4, -0.2) is 45.0 Å². The van der Waals surface area contributed by atoms with E-state index in [9.17, 15) is 22.8 Å². The zero-order valence-electron chi connectivity index (χ0n) is 13.3. The third-order valence-electron chi connectivity index (χ3n) is 3.22. The molecule has 0 spiro atoms. The van der Waals surface area contributed by atoms with Crippen LogP contribution in [-0.2, 0) is 23.8 Å². The van der Waals surface area contributed by atoms with E-state index in [-0.39, 0.29) is 41.3 Å². The number of hydrogen-bond donors (Lipinski definition) is 0. The normalized spacial score (nSPS) is 15.2. The SMILES string of the molecule is COC(=O)C1=C(C(=O)OC)N(c2ccc(SC(F)(F)F)cc2)COC1. The second-order valence-electron chi connectivity index (χ2n) is 4.76. The molecule has 1 aromatic rings. The molecule has 0 saturated carbocycles. The predicted octanol–water partition coefficient (Wildman–Crippen LogP) is 2.69.